The third-order valence-electron chi connectivity index (χ3n) is 4.65. The molecule has 0 aliphatic heterocycles. The van der Waals surface area contributed by atoms with Crippen molar-refractivity contribution in [3.05, 3.63) is 18.2 Å². The first kappa shape index (κ1) is 28.9. The molecule has 0 saturated carbocycles. The highest BCUT2D eigenvalue weighted by molar-refractivity contribution is 7.98. The summed E-state index contributed by atoms with van der Waals surface area (Å²) in [5, 5.41) is 34.5. The zero-order chi connectivity index (χ0) is 25.7. The number of imidazole rings is 1. The van der Waals surface area contributed by atoms with Crippen molar-refractivity contribution in [2.24, 2.45) is 5.73 Å². The van der Waals surface area contributed by atoms with Crippen LogP contribution >= 0.6 is 11.8 Å². The summed E-state index contributed by atoms with van der Waals surface area (Å²) >= 11 is 1.38. The van der Waals surface area contributed by atoms with Gasteiger partial charge in [0.2, 0.25) is 17.7 Å². The van der Waals surface area contributed by atoms with E-state index in [9.17, 15) is 29.1 Å². The Hall–Kier alpha value is -3.17. The Morgan fingerprint density at radius 2 is 1.65 bits per heavy atom. The van der Waals surface area contributed by atoms with Gasteiger partial charge in [-0.15, -0.1) is 0 Å². The summed E-state index contributed by atoms with van der Waals surface area (Å²) in [6, 6.07) is -5.16. The average Bonchev–Trinajstić information content (AvgIpc) is 3.30. The smallest absolute Gasteiger partial charge is 0.326 e. The number of aromatic nitrogens is 2. The van der Waals surface area contributed by atoms with Gasteiger partial charge in [0.1, 0.15) is 24.2 Å². The number of nitrogens with two attached hydrogens (primary N) is 1. The number of thioether (sulfide) groups is 1. The van der Waals surface area contributed by atoms with E-state index in [1.165, 1.54) is 24.3 Å². The third kappa shape index (κ3) is 10.2. The molecule has 14 nitrogen and oxygen atoms in total. The Kier molecular flexibility index (Phi) is 12.6. The number of nitrogens with zero attached hydrogens (tertiary/aromatic N) is 1. The summed E-state index contributed by atoms with van der Waals surface area (Å²) in [5.74, 6) is -4.58. The van der Waals surface area contributed by atoms with Gasteiger partial charge in [-0.25, -0.2) is 9.78 Å². The average molecular weight is 503 g/mol. The molecule has 0 radical (unpaired) electrons. The highest BCUT2D eigenvalue weighted by Gasteiger charge is 2.30. The van der Waals surface area contributed by atoms with Crippen molar-refractivity contribution in [1.82, 2.24) is 25.9 Å². The molecule has 0 bridgehead atoms. The van der Waals surface area contributed by atoms with Crippen molar-refractivity contribution in [3.8, 4) is 0 Å². The summed E-state index contributed by atoms with van der Waals surface area (Å²) in [6.07, 6.45) is 3.79. The van der Waals surface area contributed by atoms with Crippen molar-refractivity contribution in [3.63, 3.8) is 0 Å². The lowest BCUT2D eigenvalue weighted by atomic mass is 10.1. The van der Waals surface area contributed by atoms with Crippen molar-refractivity contribution in [2.45, 2.75) is 49.9 Å². The predicted octanol–water partition coefficient (Wildman–Crippen LogP) is -2.57. The van der Waals surface area contributed by atoms with Crippen molar-refractivity contribution < 1.29 is 39.3 Å². The number of aliphatic carboxylic acids is 2. The van der Waals surface area contributed by atoms with Gasteiger partial charge in [-0.1, -0.05) is 0 Å². The van der Waals surface area contributed by atoms with E-state index in [1.807, 2.05) is 0 Å². The molecule has 4 atom stereocenters. The number of aromatic amines is 1. The van der Waals surface area contributed by atoms with E-state index in [0.717, 1.165) is 0 Å². The van der Waals surface area contributed by atoms with E-state index in [1.54, 1.807) is 6.26 Å². The molecular weight excluding hydrogens is 472 g/mol. The molecule has 0 aromatic carbocycles. The molecule has 0 spiro atoms. The highest BCUT2D eigenvalue weighted by Crippen LogP contribution is 2.06. The quantitative estimate of drug-likeness (QED) is 0.117. The molecule has 3 amide bonds. The van der Waals surface area contributed by atoms with E-state index < -0.39 is 66.9 Å². The summed E-state index contributed by atoms with van der Waals surface area (Å²) in [4.78, 5) is 66.9. The van der Waals surface area contributed by atoms with Crippen molar-refractivity contribution >= 4 is 41.4 Å². The van der Waals surface area contributed by atoms with Crippen LogP contribution in [0.15, 0.2) is 12.5 Å². The normalized spacial score (nSPS) is 14.3. The number of amides is 3. The minimum Gasteiger partial charge on any atom is -0.481 e. The molecule has 0 saturated heterocycles. The number of aliphatic hydroxyl groups is 1. The van der Waals surface area contributed by atoms with Gasteiger partial charge in [-0.2, -0.15) is 11.8 Å². The summed E-state index contributed by atoms with van der Waals surface area (Å²) < 4.78 is 0. The minimum atomic E-state index is -1.38. The Balaban J connectivity index is 3.03. The van der Waals surface area contributed by atoms with Gasteiger partial charge < -0.3 is 42.0 Å². The molecule has 1 aromatic heterocycles. The first-order chi connectivity index (χ1) is 16.1. The second-order valence-corrected chi connectivity index (χ2v) is 8.29. The fourth-order valence-electron chi connectivity index (χ4n) is 2.76. The molecule has 4 unspecified atom stereocenters. The lowest BCUT2D eigenvalue weighted by molar-refractivity contribution is -0.143. The molecule has 190 valence electrons. The first-order valence-electron chi connectivity index (χ1n) is 10.3. The molecule has 0 fully saturated rings. The maximum atomic E-state index is 13.0. The van der Waals surface area contributed by atoms with E-state index in [-0.39, 0.29) is 19.3 Å². The van der Waals surface area contributed by atoms with Gasteiger partial charge in [-0.05, 0) is 24.9 Å². The molecule has 34 heavy (non-hydrogen) atoms. The van der Waals surface area contributed by atoms with Crippen molar-refractivity contribution in [2.75, 3.05) is 18.6 Å². The fraction of sp³-hybridized carbons (Fsp3) is 0.579. The van der Waals surface area contributed by atoms with Gasteiger partial charge in [-0.3, -0.25) is 19.2 Å². The maximum Gasteiger partial charge on any atom is 0.326 e. The fourth-order valence-corrected chi connectivity index (χ4v) is 3.23. The van der Waals surface area contributed by atoms with Gasteiger partial charge in [0.05, 0.1) is 12.9 Å². The van der Waals surface area contributed by atoms with Crippen LogP contribution in [0.5, 0.6) is 0 Å². The Morgan fingerprint density at radius 1 is 1.03 bits per heavy atom. The van der Waals surface area contributed by atoms with E-state index >= 15 is 0 Å². The van der Waals surface area contributed by atoms with Crippen molar-refractivity contribution in [1.29, 1.82) is 0 Å². The van der Waals surface area contributed by atoms with Gasteiger partial charge in [0, 0.05) is 24.7 Å². The second kappa shape index (κ2) is 14.9. The monoisotopic (exact) mass is 502 g/mol. The van der Waals surface area contributed by atoms with Gasteiger partial charge >= 0.3 is 11.9 Å². The molecule has 1 aromatic rings. The second-order valence-electron chi connectivity index (χ2n) is 7.31. The number of H-pyrrole nitrogens is 1. The van der Waals surface area contributed by atoms with Crippen LogP contribution in [0.1, 0.15) is 25.0 Å². The van der Waals surface area contributed by atoms with Gasteiger partial charge in [0.15, 0.2) is 0 Å². The number of aliphatic hydroxyl groups excluding tert-OH is 1. The Labute approximate surface area is 199 Å². The summed E-state index contributed by atoms with van der Waals surface area (Å²) in [6.45, 7) is -0.666. The number of carboxylic acid groups (broad SMARTS) is 2. The van der Waals surface area contributed by atoms with Crippen LogP contribution in [0.2, 0.25) is 0 Å². The first-order valence-corrected chi connectivity index (χ1v) is 11.7. The Bertz CT molecular complexity index is 837. The Morgan fingerprint density at radius 3 is 2.18 bits per heavy atom. The molecule has 0 aliphatic rings. The zero-order valence-electron chi connectivity index (χ0n) is 18.5. The van der Waals surface area contributed by atoms with Gasteiger partial charge in [0.25, 0.3) is 0 Å². The highest BCUT2D eigenvalue weighted by atomic mass is 32.2. The number of hydrogen-bond acceptors (Lipinski definition) is 9. The summed E-state index contributed by atoms with van der Waals surface area (Å²) in [5.41, 5.74) is 5.96. The van der Waals surface area contributed by atoms with Crippen LogP contribution in [-0.4, -0.2) is 97.7 Å². The number of carbonyl (C=O) groups excluding carboxylic acids is 3. The van der Waals surface area contributed by atoms with Crippen LogP contribution < -0.4 is 21.7 Å². The largest absolute Gasteiger partial charge is 0.481 e. The lowest BCUT2D eigenvalue weighted by Crippen LogP contribution is -2.58. The van der Waals surface area contributed by atoms with Crippen LogP contribution in [0.4, 0.5) is 0 Å². The number of hydrogen-bond donors (Lipinski definition) is 8. The molecular formula is C19H30N6O8S. The standard InChI is InChI=1S/C19H30N6O8S/c1-34-5-4-13(19(32)33)24-17(30)12(2-3-15(27)28)23-18(31)14(6-10-7-21-9-22-10)25-16(29)11(20)8-26/h7,9,11-14,26H,2-6,8,20H2,1H3,(H,21,22)(H,23,31)(H,24,30)(H,25,29)(H,27,28)(H,32,33). The van der Waals surface area contributed by atoms with E-state index in [2.05, 4.69) is 25.9 Å². The van der Waals surface area contributed by atoms with Crippen LogP contribution in [-0.2, 0) is 30.4 Å². The minimum absolute atomic E-state index is 0.0749. The SMILES string of the molecule is CSCCC(NC(=O)C(CCC(=O)O)NC(=O)C(Cc1cnc[nH]1)NC(=O)C(N)CO)C(=O)O. The molecule has 0 aliphatic carbocycles. The lowest BCUT2D eigenvalue weighted by Gasteiger charge is -2.24. The third-order valence-corrected chi connectivity index (χ3v) is 5.29. The summed E-state index contributed by atoms with van der Waals surface area (Å²) in [7, 11) is 0. The topological polar surface area (TPSA) is 237 Å². The van der Waals surface area contributed by atoms with Crippen LogP contribution in [0.25, 0.3) is 0 Å². The van der Waals surface area contributed by atoms with E-state index in [0.29, 0.717) is 11.4 Å². The van der Waals surface area contributed by atoms with E-state index in [4.69, 9.17) is 15.9 Å². The molecule has 1 rings (SSSR count). The molecule has 15 heteroatoms. The molecule has 9 N–H and O–H groups in total. The number of rotatable bonds is 16. The zero-order valence-corrected chi connectivity index (χ0v) is 19.3. The maximum absolute atomic E-state index is 13.0. The number of nitrogens with one attached hydrogen (secondary N) is 4. The number of carbonyl (C=O) groups is 5. The van der Waals surface area contributed by atoms with Crippen LogP contribution in [0.3, 0.4) is 0 Å². The number of carboxylic acids is 2. The van der Waals surface area contributed by atoms with Crippen LogP contribution in [0, 0.1) is 0 Å². The molecule has 1 heterocycles. The predicted molar refractivity (Wildman–Crippen MR) is 121 cm³/mol.